The van der Waals surface area contributed by atoms with E-state index in [1.807, 2.05) is 18.5 Å². The van der Waals surface area contributed by atoms with E-state index in [1.165, 1.54) is 17.8 Å². The van der Waals surface area contributed by atoms with E-state index in [9.17, 15) is 9.18 Å². The number of rotatable bonds is 6. The smallest absolute Gasteiger partial charge is 0.259 e. The van der Waals surface area contributed by atoms with Crippen LogP contribution in [-0.2, 0) is 7.05 Å². The third kappa shape index (κ3) is 4.18. The molecule has 10 heteroatoms. The van der Waals surface area contributed by atoms with E-state index < -0.39 is 5.82 Å². The van der Waals surface area contributed by atoms with Crippen molar-refractivity contribution in [1.82, 2.24) is 24.4 Å². The predicted molar refractivity (Wildman–Crippen MR) is 146 cm³/mol. The SMILES string of the molecule is CCN1C2CC1CN(c1ccc(Nc3ncc(F)c(-c4cc5c(=O)n(C)cc(C(C)C)c5s4)n3)nc1)C2. The zero-order valence-corrected chi connectivity index (χ0v) is 22.2. The number of halogens is 1. The summed E-state index contributed by atoms with van der Waals surface area (Å²) in [7, 11) is 1.74. The summed E-state index contributed by atoms with van der Waals surface area (Å²) in [5.74, 6) is 0.534. The van der Waals surface area contributed by atoms with Gasteiger partial charge in [-0.25, -0.2) is 19.3 Å². The van der Waals surface area contributed by atoms with Gasteiger partial charge < -0.3 is 14.8 Å². The molecule has 0 saturated carbocycles. The van der Waals surface area contributed by atoms with E-state index >= 15 is 0 Å². The number of nitrogens with zero attached hydrogens (tertiary/aromatic N) is 6. The molecule has 0 radical (unpaired) electrons. The summed E-state index contributed by atoms with van der Waals surface area (Å²) in [5, 5.41) is 3.68. The molecule has 0 spiro atoms. The Kier molecular flexibility index (Phi) is 5.95. The molecule has 4 aromatic rings. The highest BCUT2D eigenvalue weighted by atomic mass is 32.1. The molecule has 0 amide bonds. The van der Waals surface area contributed by atoms with Gasteiger partial charge in [0, 0.05) is 43.1 Å². The molecule has 3 saturated heterocycles. The molecule has 7 rings (SSSR count). The molecule has 2 atom stereocenters. The first-order valence-electron chi connectivity index (χ1n) is 12.7. The van der Waals surface area contributed by atoms with Gasteiger partial charge in [0.2, 0.25) is 5.95 Å². The second-order valence-corrected chi connectivity index (χ2v) is 11.3. The number of anilines is 3. The van der Waals surface area contributed by atoms with Crippen molar-refractivity contribution in [3.63, 3.8) is 0 Å². The molecule has 3 aliphatic heterocycles. The Morgan fingerprint density at radius 2 is 1.97 bits per heavy atom. The number of nitrogens with one attached hydrogen (secondary N) is 1. The van der Waals surface area contributed by atoms with Crippen molar-refractivity contribution < 1.29 is 4.39 Å². The molecule has 3 fully saturated rings. The molecule has 192 valence electrons. The van der Waals surface area contributed by atoms with Crippen LogP contribution in [0.2, 0.25) is 0 Å². The highest BCUT2D eigenvalue weighted by Gasteiger charge is 2.43. The number of thiophene rings is 1. The quantitative estimate of drug-likeness (QED) is 0.394. The second-order valence-electron chi connectivity index (χ2n) is 10.2. The molecule has 1 N–H and O–H groups in total. The number of aryl methyl sites for hydroxylation is 1. The Bertz CT molecular complexity index is 1520. The lowest BCUT2D eigenvalue weighted by Crippen LogP contribution is -2.68. The first-order valence-corrected chi connectivity index (χ1v) is 13.5. The first kappa shape index (κ1) is 24.0. The van der Waals surface area contributed by atoms with Crippen molar-refractivity contribution in [2.24, 2.45) is 7.05 Å². The topological polar surface area (TPSA) is 79.2 Å². The average molecular weight is 520 g/mol. The molecule has 7 heterocycles. The van der Waals surface area contributed by atoms with Crippen LogP contribution in [0.1, 0.15) is 38.7 Å². The normalized spacial score (nSPS) is 19.5. The maximum absolute atomic E-state index is 14.9. The van der Waals surface area contributed by atoms with Gasteiger partial charge in [-0.1, -0.05) is 20.8 Å². The number of aromatic nitrogens is 4. The van der Waals surface area contributed by atoms with Gasteiger partial charge in [0.15, 0.2) is 5.82 Å². The molecule has 8 nitrogen and oxygen atoms in total. The third-order valence-electron chi connectivity index (χ3n) is 7.54. The van der Waals surface area contributed by atoms with Gasteiger partial charge in [0.05, 0.1) is 28.3 Å². The lowest BCUT2D eigenvalue weighted by atomic mass is 9.87. The van der Waals surface area contributed by atoms with Crippen LogP contribution in [0.25, 0.3) is 20.7 Å². The van der Waals surface area contributed by atoms with Crippen molar-refractivity contribution >= 4 is 38.9 Å². The number of fused-ring (bicyclic) bond motifs is 3. The first-order chi connectivity index (χ1) is 17.8. The highest BCUT2D eigenvalue weighted by Crippen LogP contribution is 2.37. The van der Waals surface area contributed by atoms with Crippen molar-refractivity contribution in [3.8, 4) is 10.6 Å². The highest BCUT2D eigenvalue weighted by molar-refractivity contribution is 7.22. The number of pyridine rings is 2. The summed E-state index contributed by atoms with van der Waals surface area (Å²) in [6, 6.07) is 6.96. The summed E-state index contributed by atoms with van der Waals surface area (Å²) >= 11 is 1.38. The Labute approximate surface area is 218 Å². The van der Waals surface area contributed by atoms with Gasteiger partial charge in [-0.3, -0.25) is 9.69 Å². The molecule has 0 aliphatic carbocycles. The minimum atomic E-state index is -0.534. The monoisotopic (exact) mass is 519 g/mol. The largest absolute Gasteiger partial charge is 0.367 e. The van der Waals surface area contributed by atoms with E-state index in [0.717, 1.165) is 41.8 Å². The lowest BCUT2D eigenvalue weighted by Gasteiger charge is -2.56. The summed E-state index contributed by atoms with van der Waals surface area (Å²) in [6.07, 6.45) is 6.17. The minimum Gasteiger partial charge on any atom is -0.367 e. The minimum absolute atomic E-state index is 0.104. The van der Waals surface area contributed by atoms with Crippen LogP contribution in [0.4, 0.5) is 21.8 Å². The van der Waals surface area contributed by atoms with Crippen LogP contribution in [0.5, 0.6) is 0 Å². The molecule has 3 aliphatic rings. The van der Waals surface area contributed by atoms with Crippen molar-refractivity contribution in [1.29, 1.82) is 0 Å². The van der Waals surface area contributed by atoms with E-state index in [0.29, 0.717) is 28.2 Å². The summed E-state index contributed by atoms with van der Waals surface area (Å²) < 4.78 is 17.3. The summed E-state index contributed by atoms with van der Waals surface area (Å²) in [4.78, 5) is 31.4. The van der Waals surface area contributed by atoms with Crippen LogP contribution in [-0.4, -0.2) is 56.1 Å². The number of hydrogen-bond donors (Lipinski definition) is 1. The zero-order valence-electron chi connectivity index (χ0n) is 21.4. The van der Waals surface area contributed by atoms with Gasteiger partial charge >= 0.3 is 0 Å². The van der Waals surface area contributed by atoms with Gasteiger partial charge in [0.1, 0.15) is 11.5 Å². The van der Waals surface area contributed by atoms with Crippen molar-refractivity contribution in [3.05, 3.63) is 58.5 Å². The number of piperazine rings is 1. The van der Waals surface area contributed by atoms with E-state index in [1.54, 1.807) is 17.7 Å². The molecule has 37 heavy (non-hydrogen) atoms. The van der Waals surface area contributed by atoms with E-state index in [4.69, 9.17) is 0 Å². The predicted octanol–water partition coefficient (Wildman–Crippen LogP) is 4.74. The Morgan fingerprint density at radius 1 is 1.19 bits per heavy atom. The molecule has 2 unspecified atom stereocenters. The second kappa shape index (κ2) is 9.18. The summed E-state index contributed by atoms with van der Waals surface area (Å²) in [6.45, 7) is 9.56. The Balaban J connectivity index is 1.25. The standard InChI is InChI=1S/C27H30FN7OS/c1-5-35-17-8-18(35)13-34(12-17)16-6-7-23(29-10-16)31-27-30-11-21(28)24(32-27)22-9-19-25(37-22)20(15(2)3)14-33(4)26(19)36/h6-7,9-11,14-15,17-18H,5,8,12-13H2,1-4H3,(H,29,30,31,32). The van der Waals surface area contributed by atoms with E-state index in [2.05, 4.69) is 56.9 Å². The fourth-order valence-electron chi connectivity index (χ4n) is 5.58. The van der Waals surface area contributed by atoms with Crippen LogP contribution in [0, 0.1) is 5.82 Å². The maximum atomic E-state index is 14.9. The van der Waals surface area contributed by atoms with Gasteiger partial charge in [-0.2, -0.15) is 0 Å². The zero-order chi connectivity index (χ0) is 25.8. The molecule has 4 aromatic heterocycles. The maximum Gasteiger partial charge on any atom is 0.259 e. The van der Waals surface area contributed by atoms with Crippen LogP contribution in [0.15, 0.2) is 41.6 Å². The summed E-state index contributed by atoms with van der Waals surface area (Å²) in [5.41, 5.74) is 2.22. The number of likely N-dealkylation sites (N-methyl/N-ethyl adjacent to an activating group) is 1. The van der Waals surface area contributed by atoms with Gasteiger partial charge in [-0.15, -0.1) is 11.3 Å². The van der Waals surface area contributed by atoms with Crippen LogP contribution in [0.3, 0.4) is 0 Å². The molecule has 0 aromatic carbocycles. The van der Waals surface area contributed by atoms with Crippen molar-refractivity contribution in [2.45, 2.75) is 45.2 Å². The number of piperidine rings is 1. The van der Waals surface area contributed by atoms with E-state index in [-0.39, 0.29) is 23.1 Å². The van der Waals surface area contributed by atoms with Gasteiger partial charge in [0.25, 0.3) is 5.56 Å². The molecule has 2 bridgehead atoms. The van der Waals surface area contributed by atoms with Gasteiger partial charge in [-0.05, 0) is 42.6 Å². The van der Waals surface area contributed by atoms with Crippen molar-refractivity contribution in [2.75, 3.05) is 29.9 Å². The van der Waals surface area contributed by atoms with Crippen LogP contribution >= 0.6 is 11.3 Å². The Hall–Kier alpha value is -3.37. The molecular formula is C27H30FN7OS. The fraction of sp³-hybridized carbons (Fsp3) is 0.407. The third-order valence-corrected chi connectivity index (χ3v) is 8.73. The average Bonchev–Trinajstić information content (AvgIpc) is 3.33. The van der Waals surface area contributed by atoms with Crippen LogP contribution < -0.4 is 15.8 Å². The lowest BCUT2D eigenvalue weighted by molar-refractivity contribution is 0.00463. The number of hydrogen-bond acceptors (Lipinski definition) is 8. The Morgan fingerprint density at radius 3 is 2.65 bits per heavy atom. The molecular weight excluding hydrogens is 489 g/mol. The fourth-order valence-corrected chi connectivity index (χ4v) is 6.88.